The van der Waals surface area contributed by atoms with Crippen LogP contribution in [0.15, 0.2) is 29.4 Å². The van der Waals surface area contributed by atoms with Gasteiger partial charge in [-0.05, 0) is 50.8 Å². The summed E-state index contributed by atoms with van der Waals surface area (Å²) in [6.07, 6.45) is 3.13. The first-order chi connectivity index (χ1) is 10.6. The molecular formula is C17H21FN2O2. The summed E-state index contributed by atoms with van der Waals surface area (Å²) in [6, 6.07) is 6.60. The van der Waals surface area contributed by atoms with E-state index in [2.05, 4.69) is 19.0 Å². The van der Waals surface area contributed by atoms with Crippen LogP contribution in [0.1, 0.15) is 45.1 Å². The molecule has 1 aromatic carbocycles. The number of oxime groups is 1. The summed E-state index contributed by atoms with van der Waals surface area (Å²) in [7, 11) is 0. The highest BCUT2D eigenvalue weighted by Crippen LogP contribution is 2.26. The maximum Gasteiger partial charge on any atom is 0.267 e. The van der Waals surface area contributed by atoms with Crippen LogP contribution < -0.4 is 0 Å². The lowest BCUT2D eigenvalue weighted by molar-refractivity contribution is -0.148. The third kappa shape index (κ3) is 2.85. The largest absolute Gasteiger partial charge is 0.382 e. The van der Waals surface area contributed by atoms with Crippen molar-refractivity contribution >= 4 is 11.6 Å². The summed E-state index contributed by atoms with van der Waals surface area (Å²) >= 11 is 0. The second-order valence-electron chi connectivity index (χ2n) is 6.22. The lowest BCUT2D eigenvalue weighted by Gasteiger charge is -2.39. The van der Waals surface area contributed by atoms with E-state index in [4.69, 9.17) is 4.84 Å². The summed E-state index contributed by atoms with van der Waals surface area (Å²) in [4.78, 5) is 20.0. The Morgan fingerprint density at radius 2 is 1.86 bits per heavy atom. The van der Waals surface area contributed by atoms with Crippen molar-refractivity contribution in [2.24, 2.45) is 5.16 Å². The molecule has 0 saturated carbocycles. The van der Waals surface area contributed by atoms with Gasteiger partial charge in [0.1, 0.15) is 5.82 Å². The second-order valence-corrected chi connectivity index (χ2v) is 6.22. The number of nitrogens with zero attached hydrogens (tertiary/aromatic N) is 2. The van der Waals surface area contributed by atoms with Gasteiger partial charge in [0, 0.05) is 18.5 Å². The topological polar surface area (TPSA) is 41.9 Å². The van der Waals surface area contributed by atoms with Crippen LogP contribution in [0.3, 0.4) is 0 Å². The number of benzene rings is 1. The van der Waals surface area contributed by atoms with Gasteiger partial charge < -0.3 is 9.74 Å². The fourth-order valence-corrected chi connectivity index (χ4v) is 3.34. The van der Waals surface area contributed by atoms with E-state index in [9.17, 15) is 9.18 Å². The third-order valence-corrected chi connectivity index (χ3v) is 4.57. The zero-order valence-electron chi connectivity index (χ0n) is 13.0. The molecule has 4 nitrogen and oxygen atoms in total. The van der Waals surface area contributed by atoms with Crippen molar-refractivity contribution in [3.8, 4) is 0 Å². The molecular weight excluding hydrogens is 283 g/mol. The van der Waals surface area contributed by atoms with Crippen molar-refractivity contribution in [2.75, 3.05) is 0 Å². The Balaban J connectivity index is 1.68. The molecule has 1 saturated heterocycles. The first kappa shape index (κ1) is 15.0. The first-order valence-corrected chi connectivity index (χ1v) is 7.87. The Morgan fingerprint density at radius 3 is 2.50 bits per heavy atom. The molecule has 5 heteroatoms. The van der Waals surface area contributed by atoms with E-state index in [1.165, 1.54) is 12.1 Å². The molecule has 3 rings (SSSR count). The van der Waals surface area contributed by atoms with E-state index in [0.717, 1.165) is 24.8 Å². The molecule has 3 atom stereocenters. The van der Waals surface area contributed by atoms with Gasteiger partial charge in [0.05, 0.1) is 5.71 Å². The van der Waals surface area contributed by atoms with E-state index in [1.54, 1.807) is 12.1 Å². The van der Waals surface area contributed by atoms with Crippen LogP contribution in [0.4, 0.5) is 4.39 Å². The van der Waals surface area contributed by atoms with Gasteiger partial charge in [-0.2, -0.15) is 0 Å². The molecule has 0 spiro atoms. The van der Waals surface area contributed by atoms with Crippen LogP contribution in [-0.4, -0.2) is 34.7 Å². The summed E-state index contributed by atoms with van der Waals surface area (Å²) in [5.41, 5.74) is 1.51. The maximum absolute atomic E-state index is 13.0. The lowest BCUT2D eigenvalue weighted by atomic mass is 9.96. The quantitative estimate of drug-likeness (QED) is 0.842. The minimum atomic E-state index is -0.553. The highest BCUT2D eigenvalue weighted by atomic mass is 19.1. The van der Waals surface area contributed by atoms with Crippen molar-refractivity contribution in [1.29, 1.82) is 0 Å². The summed E-state index contributed by atoms with van der Waals surface area (Å²) < 4.78 is 13.0. The van der Waals surface area contributed by atoms with Gasteiger partial charge >= 0.3 is 0 Å². The van der Waals surface area contributed by atoms with E-state index in [0.29, 0.717) is 12.1 Å². The number of halogens is 1. The minimum absolute atomic E-state index is 0.0144. The zero-order valence-corrected chi connectivity index (χ0v) is 13.0. The predicted octanol–water partition coefficient (Wildman–Crippen LogP) is 3.11. The van der Waals surface area contributed by atoms with Crippen molar-refractivity contribution in [3.63, 3.8) is 0 Å². The number of carbonyl (C=O) groups excluding carboxylic acids is 1. The number of rotatable bonds is 2. The number of hydrogen-bond acceptors (Lipinski definition) is 3. The summed E-state index contributed by atoms with van der Waals surface area (Å²) in [5.74, 6) is -0.271. The Hall–Kier alpha value is -1.91. The molecule has 0 bridgehead atoms. The van der Waals surface area contributed by atoms with Crippen LogP contribution >= 0.6 is 0 Å². The van der Waals surface area contributed by atoms with Crippen LogP contribution in [0.2, 0.25) is 0 Å². The summed E-state index contributed by atoms with van der Waals surface area (Å²) in [6.45, 7) is 4.18. The van der Waals surface area contributed by atoms with Gasteiger partial charge in [0.2, 0.25) is 6.10 Å². The minimum Gasteiger partial charge on any atom is -0.382 e. The summed E-state index contributed by atoms with van der Waals surface area (Å²) in [5, 5.41) is 4.03. The van der Waals surface area contributed by atoms with E-state index < -0.39 is 6.10 Å². The van der Waals surface area contributed by atoms with E-state index in [-0.39, 0.29) is 23.8 Å². The number of hydrogen-bond donors (Lipinski definition) is 0. The van der Waals surface area contributed by atoms with Gasteiger partial charge in [0.25, 0.3) is 5.91 Å². The fraction of sp³-hybridized carbons (Fsp3) is 0.529. The zero-order chi connectivity index (χ0) is 15.7. The number of piperidine rings is 1. The van der Waals surface area contributed by atoms with Crippen molar-refractivity contribution in [2.45, 2.75) is 57.7 Å². The normalized spacial score (nSPS) is 28.2. The molecule has 2 heterocycles. The molecule has 0 radical (unpaired) electrons. The molecule has 1 aromatic rings. The standard InChI is InChI=1S/C17H21FN2O2/c1-11-4-3-5-12(2)20(11)17(21)16-10-15(19-22-16)13-6-8-14(18)9-7-13/h6-9,11-12,16H,3-5,10H2,1-2H3/t11-,12-,16+/m1/s1. The Bertz CT molecular complexity index is 575. The number of amides is 1. The van der Waals surface area contributed by atoms with Crippen molar-refractivity contribution < 1.29 is 14.0 Å². The Kier molecular flexibility index (Phi) is 4.14. The highest BCUT2D eigenvalue weighted by Gasteiger charge is 2.37. The molecule has 0 aliphatic carbocycles. The van der Waals surface area contributed by atoms with Crippen LogP contribution in [0.25, 0.3) is 0 Å². The molecule has 22 heavy (non-hydrogen) atoms. The monoisotopic (exact) mass is 304 g/mol. The maximum atomic E-state index is 13.0. The van der Waals surface area contributed by atoms with Crippen LogP contribution in [-0.2, 0) is 9.63 Å². The van der Waals surface area contributed by atoms with Gasteiger partial charge in [-0.3, -0.25) is 4.79 Å². The van der Waals surface area contributed by atoms with E-state index in [1.807, 2.05) is 4.90 Å². The molecule has 118 valence electrons. The average Bonchev–Trinajstić information content (AvgIpc) is 2.97. The van der Waals surface area contributed by atoms with Crippen LogP contribution in [0.5, 0.6) is 0 Å². The van der Waals surface area contributed by atoms with Crippen LogP contribution in [0, 0.1) is 5.82 Å². The molecule has 0 aromatic heterocycles. The third-order valence-electron chi connectivity index (χ3n) is 4.57. The molecule has 1 amide bonds. The molecule has 2 aliphatic rings. The Labute approximate surface area is 129 Å². The number of carbonyl (C=O) groups is 1. The van der Waals surface area contributed by atoms with Gasteiger partial charge in [-0.15, -0.1) is 0 Å². The molecule has 0 N–H and O–H groups in total. The van der Waals surface area contributed by atoms with E-state index >= 15 is 0 Å². The highest BCUT2D eigenvalue weighted by molar-refractivity contribution is 6.04. The average molecular weight is 304 g/mol. The SMILES string of the molecule is C[C@@H]1CCC[C@@H](C)N1C(=O)[C@@H]1CC(c2ccc(F)cc2)=NO1. The Morgan fingerprint density at radius 1 is 1.23 bits per heavy atom. The number of likely N-dealkylation sites (tertiary alicyclic amines) is 1. The first-order valence-electron chi connectivity index (χ1n) is 7.87. The second kappa shape index (κ2) is 6.07. The van der Waals surface area contributed by atoms with Crippen molar-refractivity contribution in [3.05, 3.63) is 35.6 Å². The van der Waals surface area contributed by atoms with Gasteiger partial charge in [-0.1, -0.05) is 17.3 Å². The van der Waals surface area contributed by atoms with Gasteiger partial charge in [-0.25, -0.2) is 4.39 Å². The fourth-order valence-electron chi connectivity index (χ4n) is 3.34. The molecule has 2 aliphatic heterocycles. The molecule has 1 fully saturated rings. The smallest absolute Gasteiger partial charge is 0.267 e. The van der Waals surface area contributed by atoms with Crippen molar-refractivity contribution in [1.82, 2.24) is 4.90 Å². The van der Waals surface area contributed by atoms with Gasteiger partial charge in [0.15, 0.2) is 0 Å². The molecule has 0 unspecified atom stereocenters. The predicted molar refractivity (Wildman–Crippen MR) is 82.0 cm³/mol. The lowest BCUT2D eigenvalue weighted by Crippen LogP contribution is -2.51.